The summed E-state index contributed by atoms with van der Waals surface area (Å²) in [5.74, 6) is 0.404. The van der Waals surface area contributed by atoms with Crippen LogP contribution in [0.25, 0.3) is 5.57 Å². The fourth-order valence-electron chi connectivity index (χ4n) is 2.56. The van der Waals surface area contributed by atoms with Gasteiger partial charge in [-0.25, -0.2) is 0 Å². The molecule has 0 N–H and O–H groups in total. The Morgan fingerprint density at radius 1 is 0.800 bits per heavy atom. The third-order valence-electron chi connectivity index (χ3n) is 3.61. The van der Waals surface area contributed by atoms with Crippen molar-refractivity contribution in [2.45, 2.75) is 6.42 Å². The van der Waals surface area contributed by atoms with Crippen molar-refractivity contribution in [1.29, 1.82) is 0 Å². The molecule has 0 atom stereocenters. The molecule has 0 bridgehead atoms. The van der Waals surface area contributed by atoms with Gasteiger partial charge in [-0.2, -0.15) is 0 Å². The van der Waals surface area contributed by atoms with Crippen LogP contribution >= 0.6 is 0 Å². The van der Waals surface area contributed by atoms with Crippen LogP contribution in [0, 0.1) is 5.92 Å². The lowest BCUT2D eigenvalue weighted by atomic mass is 9.92. The fraction of sp³-hybridized carbons (Fsp3) is 0.100. The van der Waals surface area contributed by atoms with Gasteiger partial charge in [-0.3, -0.25) is 0 Å². The highest BCUT2D eigenvalue weighted by molar-refractivity contribution is 5.71. The maximum absolute atomic E-state index is 2.36. The lowest BCUT2D eigenvalue weighted by Crippen LogP contribution is -1.96. The summed E-state index contributed by atoms with van der Waals surface area (Å²) in [6.45, 7) is 0. The third kappa shape index (κ3) is 2.97. The molecule has 0 fully saturated rings. The van der Waals surface area contributed by atoms with E-state index in [0.717, 1.165) is 6.42 Å². The van der Waals surface area contributed by atoms with Crippen molar-refractivity contribution >= 4 is 5.57 Å². The van der Waals surface area contributed by atoms with Gasteiger partial charge >= 0.3 is 0 Å². The first-order valence-electron chi connectivity index (χ1n) is 7.08. The predicted molar refractivity (Wildman–Crippen MR) is 86.3 cm³/mol. The lowest BCUT2D eigenvalue weighted by Gasteiger charge is -2.12. The van der Waals surface area contributed by atoms with Crippen molar-refractivity contribution in [3.63, 3.8) is 0 Å². The summed E-state index contributed by atoms with van der Waals surface area (Å²) in [5, 5.41) is 0. The SMILES string of the molecule is C1=CC(/C(=C\Cc2ccccc2)c2ccccc2)C=C1. The van der Waals surface area contributed by atoms with Crippen LogP contribution < -0.4 is 0 Å². The van der Waals surface area contributed by atoms with Gasteiger partial charge in [-0.1, -0.05) is 91.0 Å². The van der Waals surface area contributed by atoms with E-state index in [1.165, 1.54) is 16.7 Å². The van der Waals surface area contributed by atoms with Crippen LogP contribution in [0.1, 0.15) is 11.1 Å². The molecular formula is C20H18. The van der Waals surface area contributed by atoms with E-state index in [9.17, 15) is 0 Å². The van der Waals surface area contributed by atoms with Gasteiger partial charge in [0.25, 0.3) is 0 Å². The van der Waals surface area contributed by atoms with Gasteiger partial charge in [0.05, 0.1) is 0 Å². The van der Waals surface area contributed by atoms with E-state index in [1.54, 1.807) is 0 Å². The zero-order valence-corrected chi connectivity index (χ0v) is 11.4. The molecule has 0 saturated heterocycles. The van der Waals surface area contributed by atoms with Gasteiger partial charge in [-0.15, -0.1) is 0 Å². The number of benzene rings is 2. The van der Waals surface area contributed by atoms with Crippen LogP contribution in [0.5, 0.6) is 0 Å². The second-order valence-corrected chi connectivity index (χ2v) is 5.01. The summed E-state index contributed by atoms with van der Waals surface area (Å²) >= 11 is 0. The number of hydrogen-bond donors (Lipinski definition) is 0. The standard InChI is InChI=1S/C20H18/c1-3-9-17(10-4-1)15-16-20(19-13-7-8-14-19)18-11-5-2-6-12-18/h1-14,16,19H,15H2/b20-16-. The molecule has 1 aliphatic rings. The van der Waals surface area contributed by atoms with Gasteiger partial charge in [0, 0.05) is 5.92 Å². The maximum atomic E-state index is 2.36. The van der Waals surface area contributed by atoms with Crippen molar-refractivity contribution in [2.24, 2.45) is 5.92 Å². The molecule has 0 saturated carbocycles. The Balaban J connectivity index is 1.89. The minimum Gasteiger partial charge on any atom is -0.0754 e. The van der Waals surface area contributed by atoms with Crippen molar-refractivity contribution < 1.29 is 0 Å². The molecule has 20 heavy (non-hydrogen) atoms. The average molecular weight is 258 g/mol. The smallest absolute Gasteiger partial charge is 0.0207 e. The molecule has 1 aliphatic carbocycles. The predicted octanol–water partition coefficient (Wildman–Crippen LogP) is 5.05. The summed E-state index contributed by atoms with van der Waals surface area (Å²) in [5.41, 5.74) is 4.05. The summed E-state index contributed by atoms with van der Waals surface area (Å²) in [7, 11) is 0. The van der Waals surface area contributed by atoms with Gasteiger partial charge in [0.15, 0.2) is 0 Å². The number of rotatable bonds is 4. The Morgan fingerprint density at radius 2 is 1.40 bits per heavy atom. The first-order valence-corrected chi connectivity index (χ1v) is 7.08. The molecule has 0 nitrogen and oxygen atoms in total. The largest absolute Gasteiger partial charge is 0.0754 e. The lowest BCUT2D eigenvalue weighted by molar-refractivity contribution is 1.10. The second kappa shape index (κ2) is 6.21. The minimum absolute atomic E-state index is 0.404. The van der Waals surface area contributed by atoms with Crippen LogP contribution in [0.15, 0.2) is 91.0 Å². The Kier molecular flexibility index (Phi) is 3.93. The minimum atomic E-state index is 0.404. The highest BCUT2D eigenvalue weighted by Crippen LogP contribution is 2.28. The van der Waals surface area contributed by atoms with Gasteiger partial charge < -0.3 is 0 Å². The topological polar surface area (TPSA) is 0 Å². The van der Waals surface area contributed by atoms with Gasteiger partial charge in [0.2, 0.25) is 0 Å². The quantitative estimate of drug-likeness (QED) is 0.719. The molecule has 0 heterocycles. The number of hydrogen-bond acceptors (Lipinski definition) is 0. The first-order chi connectivity index (χ1) is 9.93. The molecule has 2 aromatic rings. The van der Waals surface area contributed by atoms with E-state index in [-0.39, 0.29) is 0 Å². The Labute approximate surface area is 120 Å². The van der Waals surface area contributed by atoms with E-state index in [2.05, 4.69) is 91.0 Å². The molecule has 0 aliphatic heterocycles. The van der Waals surface area contributed by atoms with E-state index < -0.39 is 0 Å². The normalized spacial score (nSPS) is 14.9. The van der Waals surface area contributed by atoms with Crippen molar-refractivity contribution in [2.75, 3.05) is 0 Å². The molecule has 0 spiro atoms. The molecule has 2 aromatic carbocycles. The fourth-order valence-corrected chi connectivity index (χ4v) is 2.56. The van der Waals surface area contributed by atoms with Crippen LogP contribution in [0.4, 0.5) is 0 Å². The second-order valence-electron chi connectivity index (χ2n) is 5.01. The summed E-state index contributed by atoms with van der Waals surface area (Å²) in [4.78, 5) is 0. The zero-order chi connectivity index (χ0) is 13.6. The van der Waals surface area contributed by atoms with Crippen LogP contribution in [0.3, 0.4) is 0 Å². The highest BCUT2D eigenvalue weighted by atomic mass is 14.2. The average Bonchev–Trinajstić information content (AvgIpc) is 3.04. The van der Waals surface area contributed by atoms with Crippen LogP contribution in [-0.2, 0) is 6.42 Å². The number of allylic oxidation sites excluding steroid dienone is 6. The Hall–Kier alpha value is -2.34. The molecular weight excluding hydrogens is 240 g/mol. The molecule has 98 valence electrons. The monoisotopic (exact) mass is 258 g/mol. The molecule has 3 rings (SSSR count). The van der Waals surface area contributed by atoms with Crippen LogP contribution in [0.2, 0.25) is 0 Å². The zero-order valence-electron chi connectivity index (χ0n) is 11.4. The summed E-state index contributed by atoms with van der Waals surface area (Å²) in [6.07, 6.45) is 12.1. The maximum Gasteiger partial charge on any atom is 0.0207 e. The van der Waals surface area contributed by atoms with E-state index >= 15 is 0 Å². The Bertz CT molecular complexity index is 618. The highest BCUT2D eigenvalue weighted by Gasteiger charge is 2.11. The van der Waals surface area contributed by atoms with E-state index in [4.69, 9.17) is 0 Å². The van der Waals surface area contributed by atoms with E-state index in [0.29, 0.717) is 5.92 Å². The Morgan fingerprint density at radius 3 is 2.05 bits per heavy atom. The van der Waals surface area contributed by atoms with Crippen molar-refractivity contribution in [3.8, 4) is 0 Å². The molecule has 0 amide bonds. The third-order valence-corrected chi connectivity index (χ3v) is 3.61. The first kappa shape index (κ1) is 12.7. The molecule has 0 aromatic heterocycles. The molecule has 0 unspecified atom stereocenters. The molecule has 0 heteroatoms. The summed E-state index contributed by atoms with van der Waals surface area (Å²) in [6, 6.07) is 21.3. The van der Waals surface area contributed by atoms with Crippen molar-refractivity contribution in [1.82, 2.24) is 0 Å². The van der Waals surface area contributed by atoms with E-state index in [1.807, 2.05) is 0 Å². The van der Waals surface area contributed by atoms with Gasteiger partial charge in [0.1, 0.15) is 0 Å². The molecule has 0 radical (unpaired) electrons. The summed E-state index contributed by atoms with van der Waals surface area (Å²) < 4.78 is 0. The van der Waals surface area contributed by atoms with Crippen molar-refractivity contribution in [3.05, 3.63) is 102 Å². The van der Waals surface area contributed by atoms with Gasteiger partial charge in [-0.05, 0) is 23.1 Å². The van der Waals surface area contributed by atoms with Crippen LogP contribution in [-0.4, -0.2) is 0 Å².